The number of carbonyl (C=O) groups excluding carboxylic acids is 2. The number of nitrogens with one attached hydrogen (secondary N) is 1. The summed E-state index contributed by atoms with van der Waals surface area (Å²) in [6.07, 6.45) is 0.397. The van der Waals surface area contributed by atoms with E-state index in [0.717, 1.165) is 4.90 Å². The number of amides is 3. The molecule has 0 aromatic heterocycles. The van der Waals surface area contributed by atoms with Gasteiger partial charge < -0.3 is 14.8 Å². The van der Waals surface area contributed by atoms with Crippen molar-refractivity contribution in [2.75, 3.05) is 20.3 Å². The third-order valence-electron chi connectivity index (χ3n) is 4.70. The van der Waals surface area contributed by atoms with Gasteiger partial charge in [-0.1, -0.05) is 31.2 Å². The first kappa shape index (κ1) is 18.7. The van der Waals surface area contributed by atoms with Crippen LogP contribution in [-0.4, -0.2) is 37.1 Å². The number of nitrogens with zero attached hydrogens (tertiary/aromatic N) is 1. The first-order valence-electron chi connectivity index (χ1n) is 8.68. The molecule has 1 unspecified atom stereocenters. The van der Waals surface area contributed by atoms with Crippen LogP contribution < -0.4 is 14.8 Å². The van der Waals surface area contributed by atoms with E-state index in [-0.39, 0.29) is 24.8 Å². The van der Waals surface area contributed by atoms with Crippen molar-refractivity contribution in [1.82, 2.24) is 10.2 Å². The van der Waals surface area contributed by atoms with Crippen molar-refractivity contribution < 1.29 is 23.5 Å². The van der Waals surface area contributed by atoms with E-state index >= 15 is 0 Å². The topological polar surface area (TPSA) is 67.9 Å². The molecular weight excluding hydrogens is 351 g/mol. The van der Waals surface area contributed by atoms with Crippen LogP contribution in [-0.2, 0) is 10.3 Å². The fourth-order valence-electron chi connectivity index (χ4n) is 3.15. The smallest absolute Gasteiger partial charge is 0.325 e. The predicted molar refractivity (Wildman–Crippen MR) is 97.1 cm³/mol. The van der Waals surface area contributed by atoms with Crippen molar-refractivity contribution in [1.29, 1.82) is 0 Å². The standard InChI is InChI=1S/C20H21FN2O4/c1-3-20(14-8-10-15(26-2)11-9-14)18(24)23(19(25)22-20)12-13-27-17-7-5-4-6-16(17)21/h4-11H,3,12-13H2,1-2H3,(H,22,25). The van der Waals surface area contributed by atoms with Crippen molar-refractivity contribution >= 4 is 11.9 Å². The SMILES string of the molecule is CCC1(c2ccc(OC)cc2)NC(=O)N(CCOc2ccccc2F)C1=O. The van der Waals surface area contributed by atoms with Crippen LogP contribution >= 0.6 is 0 Å². The molecule has 3 amide bonds. The molecule has 1 aliphatic heterocycles. The molecule has 1 heterocycles. The van der Waals surface area contributed by atoms with Crippen molar-refractivity contribution in [3.05, 3.63) is 59.9 Å². The summed E-state index contributed by atoms with van der Waals surface area (Å²) >= 11 is 0. The number of carbonyl (C=O) groups is 2. The summed E-state index contributed by atoms with van der Waals surface area (Å²) < 4.78 is 24.1. The maximum Gasteiger partial charge on any atom is 0.325 e. The normalized spacial score (nSPS) is 19.1. The Morgan fingerprint density at radius 1 is 1.11 bits per heavy atom. The van der Waals surface area contributed by atoms with Gasteiger partial charge in [0.15, 0.2) is 11.6 Å². The third kappa shape index (κ3) is 3.45. The van der Waals surface area contributed by atoms with Gasteiger partial charge in [0.05, 0.1) is 13.7 Å². The molecule has 2 aromatic carbocycles. The molecule has 0 saturated carbocycles. The van der Waals surface area contributed by atoms with Gasteiger partial charge in [0.2, 0.25) is 0 Å². The molecule has 0 aliphatic carbocycles. The Labute approximate surface area is 156 Å². The Balaban J connectivity index is 1.73. The molecule has 27 heavy (non-hydrogen) atoms. The second-order valence-corrected chi connectivity index (χ2v) is 6.15. The maximum atomic E-state index is 13.6. The minimum atomic E-state index is -1.12. The molecule has 6 nitrogen and oxygen atoms in total. The Kier molecular flexibility index (Phi) is 5.30. The Bertz CT molecular complexity index is 840. The highest BCUT2D eigenvalue weighted by molar-refractivity contribution is 6.07. The predicted octanol–water partition coefficient (Wildman–Crippen LogP) is 3.07. The lowest BCUT2D eigenvalue weighted by Gasteiger charge is -2.26. The number of urea groups is 1. The molecule has 0 spiro atoms. The second-order valence-electron chi connectivity index (χ2n) is 6.15. The molecule has 1 fully saturated rings. The summed E-state index contributed by atoms with van der Waals surface area (Å²) in [6, 6.07) is 12.5. The summed E-state index contributed by atoms with van der Waals surface area (Å²) in [7, 11) is 1.56. The zero-order chi connectivity index (χ0) is 19.4. The van der Waals surface area contributed by atoms with E-state index in [9.17, 15) is 14.0 Å². The summed E-state index contributed by atoms with van der Waals surface area (Å²) in [5, 5.41) is 2.80. The molecule has 0 bridgehead atoms. The minimum absolute atomic E-state index is 0.00248. The molecule has 0 radical (unpaired) electrons. The Morgan fingerprint density at radius 3 is 2.44 bits per heavy atom. The number of hydrogen-bond donors (Lipinski definition) is 1. The largest absolute Gasteiger partial charge is 0.497 e. The fourth-order valence-corrected chi connectivity index (χ4v) is 3.15. The van der Waals surface area contributed by atoms with Gasteiger partial charge in [0, 0.05) is 0 Å². The van der Waals surface area contributed by atoms with E-state index in [1.165, 1.54) is 12.1 Å². The van der Waals surface area contributed by atoms with Crippen LogP contribution in [0.1, 0.15) is 18.9 Å². The zero-order valence-corrected chi connectivity index (χ0v) is 15.2. The van der Waals surface area contributed by atoms with Crippen molar-refractivity contribution in [2.45, 2.75) is 18.9 Å². The van der Waals surface area contributed by atoms with E-state index in [4.69, 9.17) is 9.47 Å². The van der Waals surface area contributed by atoms with Crippen LogP contribution in [0.5, 0.6) is 11.5 Å². The minimum Gasteiger partial charge on any atom is -0.497 e. The third-order valence-corrected chi connectivity index (χ3v) is 4.70. The number of imide groups is 1. The van der Waals surface area contributed by atoms with Gasteiger partial charge in [-0.05, 0) is 36.2 Å². The number of para-hydroxylation sites is 1. The Hall–Kier alpha value is -3.09. The monoisotopic (exact) mass is 372 g/mol. The maximum absolute atomic E-state index is 13.6. The molecule has 142 valence electrons. The van der Waals surface area contributed by atoms with Crippen LogP contribution in [0.4, 0.5) is 9.18 Å². The average Bonchev–Trinajstić information content (AvgIpc) is 2.94. The molecule has 7 heteroatoms. The molecule has 1 atom stereocenters. The van der Waals surface area contributed by atoms with Crippen molar-refractivity contribution in [3.63, 3.8) is 0 Å². The van der Waals surface area contributed by atoms with Gasteiger partial charge in [0.25, 0.3) is 5.91 Å². The van der Waals surface area contributed by atoms with Crippen molar-refractivity contribution in [2.24, 2.45) is 0 Å². The van der Waals surface area contributed by atoms with Crippen LogP contribution in [0.3, 0.4) is 0 Å². The van der Waals surface area contributed by atoms with E-state index < -0.39 is 17.4 Å². The van der Waals surface area contributed by atoms with E-state index in [0.29, 0.717) is 17.7 Å². The van der Waals surface area contributed by atoms with Gasteiger partial charge >= 0.3 is 6.03 Å². The number of hydrogen-bond acceptors (Lipinski definition) is 4. The number of rotatable bonds is 7. The van der Waals surface area contributed by atoms with Crippen molar-refractivity contribution in [3.8, 4) is 11.5 Å². The second kappa shape index (κ2) is 7.65. The average molecular weight is 372 g/mol. The van der Waals surface area contributed by atoms with Crippen LogP contribution in [0.25, 0.3) is 0 Å². The number of benzene rings is 2. The lowest BCUT2D eigenvalue weighted by atomic mass is 9.87. The van der Waals surface area contributed by atoms with Gasteiger partial charge in [-0.3, -0.25) is 9.69 Å². The summed E-state index contributed by atoms with van der Waals surface area (Å²) in [6.45, 7) is 1.86. The lowest BCUT2D eigenvalue weighted by molar-refractivity contribution is -0.132. The van der Waals surface area contributed by atoms with Gasteiger partial charge in [-0.2, -0.15) is 0 Å². The number of methoxy groups -OCH3 is 1. The number of halogens is 1. The highest BCUT2D eigenvalue weighted by atomic mass is 19.1. The summed E-state index contributed by atoms with van der Waals surface area (Å²) in [5.41, 5.74) is -0.442. The lowest BCUT2D eigenvalue weighted by Crippen LogP contribution is -2.43. The zero-order valence-electron chi connectivity index (χ0n) is 15.2. The molecule has 1 aliphatic rings. The molecule has 3 rings (SSSR count). The summed E-state index contributed by atoms with van der Waals surface area (Å²) in [4.78, 5) is 26.5. The molecule has 1 N–H and O–H groups in total. The molecular formula is C20H21FN2O4. The first-order valence-corrected chi connectivity index (χ1v) is 8.68. The fraction of sp³-hybridized carbons (Fsp3) is 0.300. The highest BCUT2D eigenvalue weighted by Crippen LogP contribution is 2.33. The molecule has 2 aromatic rings. The Morgan fingerprint density at radius 2 is 1.81 bits per heavy atom. The van der Waals surface area contributed by atoms with Gasteiger partial charge in [0.1, 0.15) is 17.9 Å². The summed E-state index contributed by atoms with van der Waals surface area (Å²) in [5.74, 6) is -0.0912. The highest BCUT2D eigenvalue weighted by Gasteiger charge is 2.51. The van der Waals surface area contributed by atoms with E-state index in [1.54, 1.807) is 43.5 Å². The van der Waals surface area contributed by atoms with Crippen LogP contribution in [0.15, 0.2) is 48.5 Å². The van der Waals surface area contributed by atoms with E-state index in [2.05, 4.69) is 5.32 Å². The van der Waals surface area contributed by atoms with Crippen LogP contribution in [0.2, 0.25) is 0 Å². The van der Waals surface area contributed by atoms with Gasteiger partial charge in [-0.15, -0.1) is 0 Å². The van der Waals surface area contributed by atoms with E-state index in [1.807, 2.05) is 6.92 Å². The number of ether oxygens (including phenoxy) is 2. The van der Waals surface area contributed by atoms with Crippen LogP contribution in [0, 0.1) is 5.82 Å². The van der Waals surface area contributed by atoms with Gasteiger partial charge in [-0.25, -0.2) is 9.18 Å². The first-order chi connectivity index (χ1) is 13.0. The quantitative estimate of drug-likeness (QED) is 0.759. The molecule has 1 saturated heterocycles.